The highest BCUT2D eigenvalue weighted by Gasteiger charge is 2.45. The summed E-state index contributed by atoms with van der Waals surface area (Å²) < 4.78 is 57.5. The van der Waals surface area contributed by atoms with Crippen molar-refractivity contribution in [3.63, 3.8) is 0 Å². The van der Waals surface area contributed by atoms with Crippen LogP contribution in [0.3, 0.4) is 0 Å². The fourth-order valence-corrected chi connectivity index (χ4v) is 6.16. The number of benzene rings is 1. The number of ether oxygens (including phenoxy) is 1. The van der Waals surface area contributed by atoms with Gasteiger partial charge in [0.15, 0.2) is 15.5 Å². The second-order valence-corrected chi connectivity index (χ2v) is 11.8. The molecule has 0 spiro atoms. The second kappa shape index (κ2) is 8.52. The molecule has 35 heavy (non-hydrogen) atoms. The summed E-state index contributed by atoms with van der Waals surface area (Å²) in [6, 6.07) is 5.20. The maximum Gasteiger partial charge on any atom is 0.253 e. The molecular formula is C23H26F2N4O5S. The van der Waals surface area contributed by atoms with E-state index < -0.39 is 39.1 Å². The largest absolute Gasteiger partial charge is 0.461 e. The molecule has 12 heteroatoms. The van der Waals surface area contributed by atoms with Crippen LogP contribution in [-0.2, 0) is 16.3 Å². The third-order valence-corrected chi connectivity index (χ3v) is 7.55. The average molecular weight is 509 g/mol. The topological polar surface area (TPSA) is 123 Å². The molecule has 9 nitrogen and oxygen atoms in total. The van der Waals surface area contributed by atoms with E-state index in [1.165, 1.54) is 36.0 Å². The fourth-order valence-electron chi connectivity index (χ4n) is 4.16. The highest BCUT2D eigenvalue weighted by atomic mass is 32.2. The monoisotopic (exact) mass is 508 g/mol. The van der Waals surface area contributed by atoms with Gasteiger partial charge in [0.05, 0.1) is 33.9 Å². The van der Waals surface area contributed by atoms with Gasteiger partial charge in [0, 0.05) is 31.0 Å². The standard InChI is InChI=1S/C23H26F2N4O5S/c1-13(24)34-15-5-6-17(25)19(8-15)29-20-16(18(28-29)9-22(2,3)31)7-14(10-26-20)21(30)27-23(4)11-35(32,33)12-23/h5-8,10,13,31H,9,11-12H2,1-4H3,(H,27,30). The Morgan fingerprint density at radius 1 is 1.34 bits per heavy atom. The Labute approximate surface area is 201 Å². The smallest absolute Gasteiger partial charge is 0.253 e. The Bertz CT molecular complexity index is 1400. The number of aromatic nitrogens is 3. The number of carbonyl (C=O) groups is 1. The van der Waals surface area contributed by atoms with Crippen LogP contribution in [0.15, 0.2) is 30.5 Å². The molecule has 3 heterocycles. The van der Waals surface area contributed by atoms with E-state index in [0.717, 1.165) is 6.07 Å². The van der Waals surface area contributed by atoms with Crippen LogP contribution in [-0.4, -0.2) is 63.2 Å². The molecule has 1 saturated heterocycles. The van der Waals surface area contributed by atoms with Crippen LogP contribution < -0.4 is 10.1 Å². The molecule has 188 valence electrons. The van der Waals surface area contributed by atoms with Gasteiger partial charge < -0.3 is 15.2 Å². The lowest BCUT2D eigenvalue weighted by Crippen LogP contribution is -2.63. The van der Waals surface area contributed by atoms with Gasteiger partial charge in [0.1, 0.15) is 17.3 Å². The molecule has 2 aromatic heterocycles. The first-order valence-electron chi connectivity index (χ1n) is 10.9. The van der Waals surface area contributed by atoms with Crippen molar-refractivity contribution in [3.8, 4) is 11.4 Å². The van der Waals surface area contributed by atoms with Crippen LogP contribution in [0.2, 0.25) is 0 Å². The van der Waals surface area contributed by atoms with Gasteiger partial charge in [0.25, 0.3) is 5.91 Å². The number of aliphatic hydroxyl groups is 1. The van der Waals surface area contributed by atoms with Gasteiger partial charge in [-0.2, -0.15) is 5.10 Å². The normalized spacial score (nSPS) is 17.6. The van der Waals surface area contributed by atoms with E-state index in [4.69, 9.17) is 4.74 Å². The first-order valence-corrected chi connectivity index (χ1v) is 12.7. The van der Waals surface area contributed by atoms with Crippen molar-refractivity contribution in [2.45, 2.75) is 51.6 Å². The summed E-state index contributed by atoms with van der Waals surface area (Å²) in [6.45, 7) is 6.00. The lowest BCUT2D eigenvalue weighted by molar-refractivity contribution is 0.0800. The number of carbonyl (C=O) groups excluding carboxylic acids is 1. The maximum absolute atomic E-state index is 14.8. The van der Waals surface area contributed by atoms with Crippen molar-refractivity contribution >= 4 is 26.8 Å². The van der Waals surface area contributed by atoms with Crippen LogP contribution in [0.4, 0.5) is 8.78 Å². The molecular weight excluding hydrogens is 482 g/mol. The number of amides is 1. The predicted octanol–water partition coefficient (Wildman–Crippen LogP) is 2.48. The number of rotatable bonds is 7. The van der Waals surface area contributed by atoms with Gasteiger partial charge in [-0.1, -0.05) is 0 Å². The SMILES string of the molecule is CC(F)Oc1ccc(F)c(-n2nc(CC(C)(C)O)c3cc(C(=O)NC4(C)CS(=O)(=O)C4)cnc32)c1. The Hall–Kier alpha value is -3.12. The Morgan fingerprint density at radius 2 is 2.03 bits per heavy atom. The first kappa shape index (κ1) is 25.0. The number of alkyl halides is 1. The van der Waals surface area contributed by atoms with Crippen LogP contribution in [0.5, 0.6) is 5.75 Å². The molecule has 0 radical (unpaired) electrons. The first-order chi connectivity index (χ1) is 16.1. The van der Waals surface area contributed by atoms with Gasteiger partial charge in [-0.05, 0) is 39.0 Å². The Balaban J connectivity index is 1.77. The van der Waals surface area contributed by atoms with E-state index in [-0.39, 0.29) is 40.6 Å². The number of sulfone groups is 1. The van der Waals surface area contributed by atoms with E-state index in [1.807, 2.05) is 0 Å². The van der Waals surface area contributed by atoms with Crippen LogP contribution >= 0.6 is 0 Å². The van der Waals surface area contributed by atoms with Crippen molar-refractivity contribution < 1.29 is 31.8 Å². The highest BCUT2D eigenvalue weighted by molar-refractivity contribution is 7.93. The third kappa shape index (κ3) is 5.43. The number of nitrogens with one attached hydrogen (secondary N) is 1. The summed E-state index contributed by atoms with van der Waals surface area (Å²) in [5, 5.41) is 18.0. The predicted molar refractivity (Wildman–Crippen MR) is 125 cm³/mol. The van der Waals surface area contributed by atoms with Crippen molar-refractivity contribution in [2.75, 3.05) is 11.5 Å². The van der Waals surface area contributed by atoms with Gasteiger partial charge >= 0.3 is 0 Å². The van der Waals surface area contributed by atoms with Crippen molar-refractivity contribution in [2.24, 2.45) is 0 Å². The van der Waals surface area contributed by atoms with Gasteiger partial charge in [-0.15, -0.1) is 0 Å². The highest BCUT2D eigenvalue weighted by Crippen LogP contribution is 2.29. The lowest BCUT2D eigenvalue weighted by Gasteiger charge is -2.38. The minimum Gasteiger partial charge on any atom is -0.461 e. The van der Waals surface area contributed by atoms with Gasteiger partial charge in [-0.25, -0.2) is 26.9 Å². The quantitative estimate of drug-likeness (QED) is 0.503. The molecule has 2 N–H and O–H groups in total. The number of halogens is 2. The second-order valence-electron chi connectivity index (χ2n) is 9.76. The van der Waals surface area contributed by atoms with Crippen molar-refractivity contribution in [1.29, 1.82) is 0 Å². The number of hydrogen-bond donors (Lipinski definition) is 2. The summed E-state index contributed by atoms with van der Waals surface area (Å²) in [4.78, 5) is 17.2. The summed E-state index contributed by atoms with van der Waals surface area (Å²) in [5.74, 6) is -1.40. The Morgan fingerprint density at radius 3 is 2.63 bits per heavy atom. The number of fused-ring (bicyclic) bond motifs is 1. The van der Waals surface area contributed by atoms with E-state index in [9.17, 15) is 27.1 Å². The van der Waals surface area contributed by atoms with Crippen molar-refractivity contribution in [1.82, 2.24) is 20.1 Å². The molecule has 0 bridgehead atoms. The van der Waals surface area contributed by atoms with Crippen LogP contribution in [0.25, 0.3) is 16.7 Å². The molecule has 1 aromatic carbocycles. The Kier molecular flexibility index (Phi) is 6.08. The van der Waals surface area contributed by atoms with Crippen LogP contribution in [0, 0.1) is 5.82 Å². The van der Waals surface area contributed by atoms with E-state index >= 15 is 0 Å². The molecule has 3 aromatic rings. The molecule has 4 rings (SSSR count). The zero-order chi connectivity index (χ0) is 25.8. The van der Waals surface area contributed by atoms with Crippen molar-refractivity contribution in [3.05, 3.63) is 47.5 Å². The van der Waals surface area contributed by atoms with E-state index in [2.05, 4.69) is 15.4 Å². The lowest BCUT2D eigenvalue weighted by atomic mass is 10.0. The van der Waals surface area contributed by atoms with E-state index in [1.54, 1.807) is 20.8 Å². The third-order valence-electron chi connectivity index (χ3n) is 5.40. The minimum absolute atomic E-state index is 0.0490. The molecule has 1 aliphatic heterocycles. The molecule has 0 aliphatic carbocycles. The zero-order valence-electron chi connectivity index (χ0n) is 19.7. The summed E-state index contributed by atoms with van der Waals surface area (Å²) in [7, 11) is -3.16. The van der Waals surface area contributed by atoms with Crippen LogP contribution in [0.1, 0.15) is 43.7 Å². The minimum atomic E-state index is -3.16. The number of nitrogens with zero attached hydrogens (tertiary/aromatic N) is 3. The molecule has 1 unspecified atom stereocenters. The molecule has 1 aliphatic rings. The molecule has 1 fully saturated rings. The molecule has 0 saturated carbocycles. The fraction of sp³-hybridized carbons (Fsp3) is 0.435. The summed E-state index contributed by atoms with van der Waals surface area (Å²) in [5.41, 5.74) is -1.37. The molecule has 1 atom stereocenters. The van der Waals surface area contributed by atoms with E-state index in [0.29, 0.717) is 11.1 Å². The van der Waals surface area contributed by atoms with Gasteiger partial charge in [-0.3, -0.25) is 4.79 Å². The van der Waals surface area contributed by atoms with Gasteiger partial charge in [0.2, 0.25) is 6.36 Å². The summed E-state index contributed by atoms with van der Waals surface area (Å²) >= 11 is 0. The molecule has 1 amide bonds. The number of hydrogen-bond acceptors (Lipinski definition) is 7. The maximum atomic E-state index is 14.8. The zero-order valence-corrected chi connectivity index (χ0v) is 20.5. The average Bonchev–Trinajstić information content (AvgIpc) is 3.03. The summed E-state index contributed by atoms with van der Waals surface area (Å²) in [6.07, 6.45) is -0.263. The number of pyridine rings is 1.